The molecule has 2 fully saturated rings. The van der Waals surface area contributed by atoms with Crippen molar-refractivity contribution in [3.8, 4) is 0 Å². The van der Waals surface area contributed by atoms with Crippen LogP contribution in [0.5, 0.6) is 0 Å². The van der Waals surface area contributed by atoms with Gasteiger partial charge in [0, 0.05) is 50.7 Å². The van der Waals surface area contributed by atoms with Gasteiger partial charge in [-0.25, -0.2) is 8.78 Å². The van der Waals surface area contributed by atoms with Gasteiger partial charge < -0.3 is 5.32 Å². The normalized spacial score (nSPS) is 27.0. The van der Waals surface area contributed by atoms with Crippen LogP contribution in [-0.2, 0) is 11.3 Å². The van der Waals surface area contributed by atoms with Gasteiger partial charge in [0.2, 0.25) is 5.91 Å². The second-order valence-electron chi connectivity index (χ2n) is 6.73. The molecule has 2 aliphatic rings. The van der Waals surface area contributed by atoms with Gasteiger partial charge in [-0.3, -0.25) is 14.6 Å². The first-order chi connectivity index (χ1) is 11.0. The summed E-state index contributed by atoms with van der Waals surface area (Å²) < 4.78 is 26.8. The highest BCUT2D eigenvalue weighted by molar-refractivity contribution is 5.76. The predicted octanol–water partition coefficient (Wildman–Crippen LogP) is 1.75. The Bertz CT molecular complexity index is 575. The summed E-state index contributed by atoms with van der Waals surface area (Å²) in [6, 6.07) is 3.69. The van der Waals surface area contributed by atoms with Crippen molar-refractivity contribution in [3.63, 3.8) is 0 Å². The highest BCUT2D eigenvalue weighted by Gasteiger charge is 2.40. The summed E-state index contributed by atoms with van der Waals surface area (Å²) in [6.45, 7) is 3.79. The first-order valence-corrected chi connectivity index (χ1v) is 8.12. The second kappa shape index (κ2) is 6.53. The van der Waals surface area contributed by atoms with Crippen molar-refractivity contribution in [1.82, 2.24) is 15.1 Å². The number of hydrogen-bond acceptors (Lipinski definition) is 3. The number of amides is 1. The molecule has 1 aromatic rings. The third kappa shape index (κ3) is 3.70. The Morgan fingerprint density at radius 1 is 1.17 bits per heavy atom. The lowest BCUT2D eigenvalue weighted by molar-refractivity contribution is -0.121. The zero-order valence-corrected chi connectivity index (χ0v) is 13.4. The number of nitrogens with zero attached hydrogens (tertiary/aromatic N) is 2. The van der Waals surface area contributed by atoms with Crippen LogP contribution >= 0.6 is 0 Å². The Kier molecular flexibility index (Phi) is 4.64. The maximum Gasteiger partial charge on any atom is 0.220 e. The Hall–Kier alpha value is -1.53. The van der Waals surface area contributed by atoms with E-state index in [2.05, 4.69) is 22.2 Å². The molecule has 1 N–H and O–H groups in total. The molecule has 1 aromatic carbocycles. The predicted molar refractivity (Wildman–Crippen MR) is 83.9 cm³/mol. The van der Waals surface area contributed by atoms with E-state index in [1.165, 1.54) is 12.1 Å². The van der Waals surface area contributed by atoms with E-state index in [-0.39, 0.29) is 11.4 Å². The molecule has 0 saturated carbocycles. The van der Waals surface area contributed by atoms with E-state index in [0.717, 1.165) is 38.5 Å². The third-order valence-corrected chi connectivity index (χ3v) is 5.14. The number of carbonyl (C=O) groups excluding carboxylic acids is 1. The molecule has 126 valence electrons. The molecule has 23 heavy (non-hydrogen) atoms. The minimum atomic E-state index is -0.534. The van der Waals surface area contributed by atoms with E-state index in [0.29, 0.717) is 25.1 Å². The van der Waals surface area contributed by atoms with Crippen LogP contribution in [0.2, 0.25) is 0 Å². The lowest BCUT2D eigenvalue weighted by Crippen LogP contribution is -2.60. The van der Waals surface area contributed by atoms with Crippen LogP contribution in [0.25, 0.3) is 0 Å². The highest BCUT2D eigenvalue weighted by Crippen LogP contribution is 2.31. The van der Waals surface area contributed by atoms with E-state index >= 15 is 0 Å². The minimum absolute atomic E-state index is 0.0384. The van der Waals surface area contributed by atoms with Gasteiger partial charge in [-0.1, -0.05) is 0 Å². The summed E-state index contributed by atoms with van der Waals surface area (Å²) >= 11 is 0. The van der Waals surface area contributed by atoms with Crippen molar-refractivity contribution in [2.24, 2.45) is 0 Å². The summed E-state index contributed by atoms with van der Waals surface area (Å²) in [5.41, 5.74) is 0.619. The summed E-state index contributed by atoms with van der Waals surface area (Å²) in [5.74, 6) is -0.958. The van der Waals surface area contributed by atoms with Crippen molar-refractivity contribution >= 4 is 5.91 Å². The number of hydrogen-bond donors (Lipinski definition) is 1. The van der Waals surface area contributed by atoms with Gasteiger partial charge in [0.05, 0.1) is 0 Å². The van der Waals surface area contributed by atoms with E-state index in [1.54, 1.807) is 0 Å². The summed E-state index contributed by atoms with van der Waals surface area (Å²) in [7, 11) is 2.11. The monoisotopic (exact) mass is 323 g/mol. The van der Waals surface area contributed by atoms with Crippen molar-refractivity contribution in [1.29, 1.82) is 0 Å². The smallest absolute Gasteiger partial charge is 0.220 e. The van der Waals surface area contributed by atoms with Crippen LogP contribution in [0.3, 0.4) is 0 Å². The number of carbonyl (C=O) groups is 1. The topological polar surface area (TPSA) is 35.6 Å². The fraction of sp³-hybridized carbons (Fsp3) is 0.588. The molecule has 1 amide bonds. The molecule has 1 unspecified atom stereocenters. The van der Waals surface area contributed by atoms with Crippen molar-refractivity contribution in [3.05, 3.63) is 35.4 Å². The molecule has 0 aromatic heterocycles. The van der Waals surface area contributed by atoms with Gasteiger partial charge in [0.25, 0.3) is 0 Å². The fourth-order valence-electron chi connectivity index (χ4n) is 3.77. The summed E-state index contributed by atoms with van der Waals surface area (Å²) in [4.78, 5) is 16.2. The number of rotatable bonds is 2. The van der Waals surface area contributed by atoms with Crippen LogP contribution < -0.4 is 5.32 Å². The van der Waals surface area contributed by atoms with Gasteiger partial charge in [-0.15, -0.1) is 0 Å². The minimum Gasteiger partial charge on any atom is -0.356 e. The molecule has 0 radical (unpaired) electrons. The van der Waals surface area contributed by atoms with Crippen LogP contribution in [0, 0.1) is 11.6 Å². The van der Waals surface area contributed by atoms with Gasteiger partial charge in [0.15, 0.2) is 0 Å². The molecule has 4 nitrogen and oxygen atoms in total. The third-order valence-electron chi connectivity index (χ3n) is 5.14. The molecule has 0 bridgehead atoms. The molecule has 2 saturated heterocycles. The highest BCUT2D eigenvalue weighted by atomic mass is 19.1. The number of nitrogens with one attached hydrogen (secondary N) is 1. The molecular formula is C17H23F2N3O. The lowest BCUT2D eigenvalue weighted by Gasteiger charge is -2.49. The number of halogens is 2. The standard InChI is InChI=1S/C17H23F2N3O/c1-21-6-7-22(11-13-8-14(18)10-15(19)9-13)12-17(21)3-2-16(23)20-5-4-17/h8-10H,2-7,11-12H2,1H3,(H,20,23). The van der Waals surface area contributed by atoms with Crippen LogP contribution in [0.15, 0.2) is 18.2 Å². The molecule has 1 atom stereocenters. The molecule has 0 aliphatic carbocycles. The molecule has 2 heterocycles. The van der Waals surface area contributed by atoms with E-state index in [1.807, 2.05) is 0 Å². The average molecular weight is 323 g/mol. The largest absolute Gasteiger partial charge is 0.356 e. The Balaban J connectivity index is 1.73. The van der Waals surface area contributed by atoms with Crippen molar-refractivity contribution in [2.45, 2.75) is 31.3 Å². The average Bonchev–Trinajstić information content (AvgIpc) is 2.65. The number of benzene rings is 1. The van der Waals surface area contributed by atoms with Gasteiger partial charge >= 0.3 is 0 Å². The zero-order valence-electron chi connectivity index (χ0n) is 13.4. The molecule has 1 spiro atoms. The Morgan fingerprint density at radius 2 is 1.91 bits per heavy atom. The van der Waals surface area contributed by atoms with E-state index in [9.17, 15) is 13.6 Å². The maximum atomic E-state index is 13.4. The first-order valence-electron chi connectivity index (χ1n) is 8.12. The summed E-state index contributed by atoms with van der Waals surface area (Å²) in [6.07, 6.45) is 2.26. The van der Waals surface area contributed by atoms with Crippen molar-refractivity contribution < 1.29 is 13.6 Å². The number of likely N-dealkylation sites (N-methyl/N-ethyl adjacent to an activating group) is 1. The molecule has 6 heteroatoms. The lowest BCUT2D eigenvalue weighted by atomic mass is 9.86. The van der Waals surface area contributed by atoms with Gasteiger partial charge in [0.1, 0.15) is 11.6 Å². The van der Waals surface area contributed by atoms with E-state index < -0.39 is 11.6 Å². The Labute approximate surface area is 135 Å². The van der Waals surface area contributed by atoms with Crippen LogP contribution in [0.4, 0.5) is 8.78 Å². The Morgan fingerprint density at radius 3 is 2.65 bits per heavy atom. The number of piperazine rings is 1. The SMILES string of the molecule is CN1CCN(Cc2cc(F)cc(F)c2)CC12CCNC(=O)CC2. The maximum absolute atomic E-state index is 13.4. The quantitative estimate of drug-likeness (QED) is 0.901. The summed E-state index contributed by atoms with van der Waals surface area (Å²) in [5, 5.41) is 2.93. The second-order valence-corrected chi connectivity index (χ2v) is 6.73. The van der Waals surface area contributed by atoms with E-state index in [4.69, 9.17) is 0 Å². The molecule has 2 aliphatic heterocycles. The van der Waals surface area contributed by atoms with Crippen LogP contribution in [-0.4, -0.2) is 54.5 Å². The molecule has 3 rings (SSSR count). The van der Waals surface area contributed by atoms with Gasteiger partial charge in [-0.05, 0) is 37.6 Å². The van der Waals surface area contributed by atoms with Crippen molar-refractivity contribution in [2.75, 3.05) is 33.2 Å². The van der Waals surface area contributed by atoms with Crippen LogP contribution in [0.1, 0.15) is 24.8 Å². The zero-order chi connectivity index (χ0) is 16.4. The molecular weight excluding hydrogens is 300 g/mol. The first kappa shape index (κ1) is 16.3. The fourth-order valence-corrected chi connectivity index (χ4v) is 3.77. The van der Waals surface area contributed by atoms with Gasteiger partial charge in [-0.2, -0.15) is 0 Å².